The van der Waals surface area contributed by atoms with Crippen LogP contribution in [0.25, 0.3) is 0 Å². The SMILES string of the molecule is O=C(c1cc(Cl)ccc1Cl)N1CCC(O)CC1. The summed E-state index contributed by atoms with van der Waals surface area (Å²) in [5.74, 6) is -0.121. The molecule has 0 atom stereocenters. The number of halogens is 2. The molecule has 1 saturated heterocycles. The summed E-state index contributed by atoms with van der Waals surface area (Å²) >= 11 is 11.8. The number of nitrogens with zero attached hydrogens (tertiary/aromatic N) is 1. The quantitative estimate of drug-likeness (QED) is 0.855. The molecule has 0 bridgehead atoms. The molecule has 5 heteroatoms. The molecule has 1 amide bonds. The number of likely N-dealkylation sites (tertiary alicyclic amines) is 1. The van der Waals surface area contributed by atoms with Crippen LogP contribution in [0.5, 0.6) is 0 Å². The molecule has 17 heavy (non-hydrogen) atoms. The van der Waals surface area contributed by atoms with Crippen LogP contribution in [-0.2, 0) is 0 Å². The zero-order valence-electron chi connectivity index (χ0n) is 9.20. The fourth-order valence-corrected chi connectivity index (χ4v) is 2.27. The molecule has 1 aliphatic rings. The minimum atomic E-state index is -0.297. The van der Waals surface area contributed by atoms with Crippen molar-refractivity contribution in [3.05, 3.63) is 33.8 Å². The third kappa shape index (κ3) is 2.92. The van der Waals surface area contributed by atoms with Crippen molar-refractivity contribution in [2.24, 2.45) is 0 Å². The van der Waals surface area contributed by atoms with Gasteiger partial charge in [0.05, 0.1) is 16.7 Å². The smallest absolute Gasteiger partial charge is 0.255 e. The second kappa shape index (κ2) is 5.25. The molecule has 3 nitrogen and oxygen atoms in total. The molecule has 1 aromatic carbocycles. The Morgan fingerprint density at radius 1 is 1.29 bits per heavy atom. The van der Waals surface area contributed by atoms with Crippen LogP contribution in [0.2, 0.25) is 10.0 Å². The Bertz CT molecular complexity index is 429. The summed E-state index contributed by atoms with van der Waals surface area (Å²) < 4.78 is 0. The van der Waals surface area contributed by atoms with Crippen LogP contribution >= 0.6 is 23.2 Å². The molecule has 1 fully saturated rings. The molecule has 0 radical (unpaired) electrons. The zero-order valence-corrected chi connectivity index (χ0v) is 10.7. The Labute approximate surface area is 110 Å². The maximum Gasteiger partial charge on any atom is 0.255 e. The van der Waals surface area contributed by atoms with E-state index in [1.807, 2.05) is 0 Å². The summed E-state index contributed by atoms with van der Waals surface area (Å²) in [6.45, 7) is 1.12. The number of aliphatic hydroxyl groups is 1. The fourth-order valence-electron chi connectivity index (χ4n) is 1.90. The summed E-state index contributed by atoms with van der Waals surface area (Å²) in [7, 11) is 0. The predicted octanol–water partition coefficient (Wildman–Crippen LogP) is 2.59. The largest absolute Gasteiger partial charge is 0.393 e. The Hall–Kier alpha value is -0.770. The van der Waals surface area contributed by atoms with Gasteiger partial charge in [0, 0.05) is 18.1 Å². The van der Waals surface area contributed by atoms with Gasteiger partial charge in [0.25, 0.3) is 5.91 Å². The molecule has 2 rings (SSSR count). The van der Waals surface area contributed by atoms with Crippen molar-refractivity contribution in [3.8, 4) is 0 Å². The monoisotopic (exact) mass is 273 g/mol. The zero-order chi connectivity index (χ0) is 12.4. The van der Waals surface area contributed by atoms with Crippen LogP contribution in [0.1, 0.15) is 23.2 Å². The lowest BCUT2D eigenvalue weighted by Gasteiger charge is -2.29. The third-order valence-electron chi connectivity index (χ3n) is 2.91. The van der Waals surface area contributed by atoms with Crippen LogP contribution in [0, 0.1) is 0 Å². The number of benzene rings is 1. The summed E-state index contributed by atoms with van der Waals surface area (Å²) in [5, 5.41) is 10.3. The van der Waals surface area contributed by atoms with Crippen molar-refractivity contribution in [2.75, 3.05) is 13.1 Å². The van der Waals surface area contributed by atoms with Crippen molar-refractivity contribution in [1.82, 2.24) is 4.90 Å². The molecule has 1 aliphatic heterocycles. The molecule has 1 aromatic rings. The first kappa shape index (κ1) is 12.7. The molecule has 0 aromatic heterocycles. The highest BCUT2D eigenvalue weighted by molar-refractivity contribution is 6.35. The summed E-state index contributed by atoms with van der Waals surface area (Å²) in [6, 6.07) is 4.85. The molecule has 0 aliphatic carbocycles. The highest BCUT2D eigenvalue weighted by Crippen LogP contribution is 2.23. The Morgan fingerprint density at radius 3 is 2.59 bits per heavy atom. The van der Waals surface area contributed by atoms with Crippen molar-refractivity contribution in [1.29, 1.82) is 0 Å². The van der Waals surface area contributed by atoms with Gasteiger partial charge in [0.1, 0.15) is 0 Å². The number of hydrogen-bond donors (Lipinski definition) is 1. The van der Waals surface area contributed by atoms with E-state index in [2.05, 4.69) is 0 Å². The number of carbonyl (C=O) groups is 1. The van der Waals surface area contributed by atoms with E-state index in [1.165, 1.54) is 0 Å². The minimum absolute atomic E-state index is 0.121. The summed E-state index contributed by atoms with van der Waals surface area (Å²) in [5.41, 5.74) is 0.426. The molecular formula is C12H13Cl2NO2. The number of carbonyl (C=O) groups excluding carboxylic acids is 1. The van der Waals surface area contributed by atoms with E-state index in [9.17, 15) is 9.90 Å². The van der Waals surface area contributed by atoms with E-state index in [1.54, 1.807) is 23.1 Å². The second-order valence-corrected chi connectivity index (χ2v) is 4.99. The van der Waals surface area contributed by atoms with Crippen LogP contribution in [0.15, 0.2) is 18.2 Å². The highest BCUT2D eigenvalue weighted by atomic mass is 35.5. The topological polar surface area (TPSA) is 40.5 Å². The molecule has 92 valence electrons. The van der Waals surface area contributed by atoms with E-state index >= 15 is 0 Å². The van der Waals surface area contributed by atoms with Crippen LogP contribution in [0.4, 0.5) is 0 Å². The van der Waals surface area contributed by atoms with Crippen LogP contribution in [0.3, 0.4) is 0 Å². The first-order valence-corrected chi connectivity index (χ1v) is 6.26. The van der Waals surface area contributed by atoms with Gasteiger partial charge in [-0.3, -0.25) is 4.79 Å². The van der Waals surface area contributed by atoms with Gasteiger partial charge >= 0.3 is 0 Å². The number of hydrogen-bond acceptors (Lipinski definition) is 2. The maximum atomic E-state index is 12.2. The minimum Gasteiger partial charge on any atom is -0.393 e. The average molecular weight is 274 g/mol. The summed E-state index contributed by atoms with van der Waals surface area (Å²) in [4.78, 5) is 13.9. The number of rotatable bonds is 1. The van der Waals surface area contributed by atoms with Gasteiger partial charge in [-0.2, -0.15) is 0 Å². The molecular weight excluding hydrogens is 261 g/mol. The van der Waals surface area contributed by atoms with Crippen molar-refractivity contribution in [3.63, 3.8) is 0 Å². The van der Waals surface area contributed by atoms with Gasteiger partial charge in [0.15, 0.2) is 0 Å². The van der Waals surface area contributed by atoms with Gasteiger partial charge in [-0.15, -0.1) is 0 Å². The lowest BCUT2D eigenvalue weighted by Crippen LogP contribution is -2.40. The van der Waals surface area contributed by atoms with Gasteiger partial charge in [-0.1, -0.05) is 23.2 Å². The second-order valence-electron chi connectivity index (χ2n) is 4.15. The van der Waals surface area contributed by atoms with Gasteiger partial charge in [-0.05, 0) is 31.0 Å². The molecule has 0 spiro atoms. The first-order valence-electron chi connectivity index (χ1n) is 5.50. The van der Waals surface area contributed by atoms with Crippen molar-refractivity contribution < 1.29 is 9.90 Å². The number of aliphatic hydroxyl groups excluding tert-OH is 1. The summed E-state index contributed by atoms with van der Waals surface area (Å²) in [6.07, 6.45) is 0.933. The molecule has 1 heterocycles. The average Bonchev–Trinajstić information content (AvgIpc) is 2.32. The lowest BCUT2D eigenvalue weighted by atomic mass is 10.1. The van der Waals surface area contributed by atoms with Gasteiger partial charge in [0.2, 0.25) is 0 Å². The van der Waals surface area contributed by atoms with E-state index in [0.717, 1.165) is 0 Å². The van der Waals surface area contributed by atoms with Crippen LogP contribution < -0.4 is 0 Å². The van der Waals surface area contributed by atoms with E-state index in [4.69, 9.17) is 23.2 Å². The maximum absolute atomic E-state index is 12.2. The predicted molar refractivity (Wildman–Crippen MR) is 67.6 cm³/mol. The van der Waals surface area contributed by atoms with Gasteiger partial charge < -0.3 is 10.0 Å². The Morgan fingerprint density at radius 2 is 1.94 bits per heavy atom. The first-order chi connectivity index (χ1) is 8.08. The van der Waals surface area contributed by atoms with E-state index in [0.29, 0.717) is 41.5 Å². The van der Waals surface area contributed by atoms with Gasteiger partial charge in [-0.25, -0.2) is 0 Å². The molecule has 0 unspecified atom stereocenters. The molecule has 0 saturated carbocycles. The van der Waals surface area contributed by atoms with E-state index < -0.39 is 0 Å². The Kier molecular flexibility index (Phi) is 3.92. The number of piperidine rings is 1. The normalized spacial score (nSPS) is 17.2. The highest BCUT2D eigenvalue weighted by Gasteiger charge is 2.23. The van der Waals surface area contributed by atoms with Crippen molar-refractivity contribution >= 4 is 29.1 Å². The lowest BCUT2D eigenvalue weighted by molar-refractivity contribution is 0.0546. The fraction of sp³-hybridized carbons (Fsp3) is 0.417. The van der Waals surface area contributed by atoms with E-state index in [-0.39, 0.29) is 12.0 Å². The molecule has 1 N–H and O–H groups in total. The van der Waals surface area contributed by atoms with Crippen LogP contribution in [-0.4, -0.2) is 35.1 Å². The Balaban J connectivity index is 2.16. The third-order valence-corrected chi connectivity index (χ3v) is 3.48. The van der Waals surface area contributed by atoms with Crippen molar-refractivity contribution in [2.45, 2.75) is 18.9 Å². The standard InChI is InChI=1S/C12H13Cl2NO2/c13-8-1-2-11(14)10(7-8)12(17)15-5-3-9(16)4-6-15/h1-2,7,9,16H,3-6H2. The number of amides is 1.